The van der Waals surface area contributed by atoms with Gasteiger partial charge in [-0.3, -0.25) is 9.36 Å². The van der Waals surface area contributed by atoms with Crippen LogP contribution in [0.3, 0.4) is 0 Å². The number of hydrogen-bond acceptors (Lipinski definition) is 7. The summed E-state index contributed by atoms with van der Waals surface area (Å²) in [5.41, 5.74) is 9.16. The lowest BCUT2D eigenvalue weighted by Crippen LogP contribution is -2.20. The molecule has 1 amide bonds. The van der Waals surface area contributed by atoms with Crippen LogP contribution in [-0.2, 0) is 4.79 Å². The van der Waals surface area contributed by atoms with Gasteiger partial charge in [-0.15, -0.1) is 10.2 Å². The third-order valence-corrected chi connectivity index (χ3v) is 7.27. The number of thioether (sulfide) groups is 1. The zero-order valence-electron chi connectivity index (χ0n) is 22.7. The summed E-state index contributed by atoms with van der Waals surface area (Å²) in [5.74, 6) is 1.30. The summed E-state index contributed by atoms with van der Waals surface area (Å²) in [6, 6.07) is 25.6. The highest BCUT2D eigenvalue weighted by Gasteiger charge is 2.18. The summed E-state index contributed by atoms with van der Waals surface area (Å²) in [6.07, 6.45) is 1.64. The molecule has 0 bridgehead atoms. The van der Waals surface area contributed by atoms with Crippen molar-refractivity contribution in [3.05, 3.63) is 101 Å². The van der Waals surface area contributed by atoms with Gasteiger partial charge < -0.3 is 4.74 Å². The van der Waals surface area contributed by atoms with E-state index < -0.39 is 0 Å². The molecule has 202 valence electrons. The number of amides is 1. The normalized spacial score (nSPS) is 11.2. The van der Waals surface area contributed by atoms with Crippen molar-refractivity contribution in [2.45, 2.75) is 25.9 Å². The first-order chi connectivity index (χ1) is 19.4. The van der Waals surface area contributed by atoms with Gasteiger partial charge in [0.15, 0.2) is 11.0 Å². The lowest BCUT2D eigenvalue weighted by atomic mass is 10.2. The number of carbonyl (C=O) groups is 1. The Labute approximate surface area is 236 Å². The Morgan fingerprint density at radius 3 is 2.38 bits per heavy atom. The fourth-order valence-electron chi connectivity index (χ4n) is 4.21. The Bertz CT molecular complexity index is 1640. The molecule has 0 saturated heterocycles. The van der Waals surface area contributed by atoms with E-state index in [1.807, 2.05) is 109 Å². The average Bonchev–Trinajstić information content (AvgIpc) is 3.53. The van der Waals surface area contributed by atoms with Crippen molar-refractivity contribution >= 4 is 23.9 Å². The molecule has 1 N–H and O–H groups in total. The molecule has 0 fully saturated rings. The topological polar surface area (TPSA) is 99.2 Å². The van der Waals surface area contributed by atoms with Crippen molar-refractivity contribution in [1.82, 2.24) is 30.0 Å². The van der Waals surface area contributed by atoms with Crippen LogP contribution in [0.5, 0.6) is 5.75 Å². The Kier molecular flexibility index (Phi) is 8.07. The zero-order valence-corrected chi connectivity index (χ0v) is 23.5. The molecule has 0 unspecified atom stereocenters. The second-order valence-corrected chi connectivity index (χ2v) is 10.1. The highest BCUT2D eigenvalue weighted by atomic mass is 32.2. The molecule has 3 aromatic carbocycles. The Balaban J connectivity index is 1.31. The molecule has 0 aliphatic heterocycles. The van der Waals surface area contributed by atoms with E-state index >= 15 is 0 Å². The van der Waals surface area contributed by atoms with E-state index in [9.17, 15) is 4.79 Å². The summed E-state index contributed by atoms with van der Waals surface area (Å²) in [7, 11) is 1.63. The van der Waals surface area contributed by atoms with Crippen LogP contribution in [0.1, 0.15) is 22.5 Å². The lowest BCUT2D eigenvalue weighted by molar-refractivity contribution is -0.118. The number of methoxy groups -OCH3 is 1. The number of carbonyl (C=O) groups excluding carboxylic acids is 1. The van der Waals surface area contributed by atoms with Gasteiger partial charge in [-0.05, 0) is 69.3 Å². The van der Waals surface area contributed by atoms with Gasteiger partial charge in [0.2, 0.25) is 0 Å². The summed E-state index contributed by atoms with van der Waals surface area (Å²) in [5, 5.41) is 18.3. The molecule has 0 aliphatic rings. The van der Waals surface area contributed by atoms with Crippen LogP contribution in [0.25, 0.3) is 22.8 Å². The molecular formula is C30H29N7O2S. The molecule has 5 rings (SSSR count). The predicted molar refractivity (Wildman–Crippen MR) is 158 cm³/mol. The van der Waals surface area contributed by atoms with Crippen LogP contribution in [0, 0.1) is 20.8 Å². The van der Waals surface area contributed by atoms with E-state index in [0.29, 0.717) is 11.0 Å². The SMILES string of the molecule is COc1ccc(-c2nnc(SCC(=O)NN=Cc3c(C)nn(-c4ccccc4)c3C)n2-c2ccc(C)cc2)cc1. The molecule has 5 aromatic rings. The number of aromatic nitrogens is 5. The molecule has 0 spiro atoms. The van der Waals surface area contributed by atoms with E-state index in [1.54, 1.807) is 13.3 Å². The number of hydrazone groups is 1. The van der Waals surface area contributed by atoms with Gasteiger partial charge >= 0.3 is 0 Å². The molecule has 10 heteroatoms. The molecule has 0 atom stereocenters. The van der Waals surface area contributed by atoms with Gasteiger partial charge in [-0.25, -0.2) is 10.1 Å². The van der Waals surface area contributed by atoms with Crippen LogP contribution in [0.15, 0.2) is 89.1 Å². The molecule has 0 radical (unpaired) electrons. The van der Waals surface area contributed by atoms with E-state index in [1.165, 1.54) is 11.8 Å². The van der Waals surface area contributed by atoms with Crippen molar-refractivity contribution in [1.29, 1.82) is 0 Å². The fourth-order valence-corrected chi connectivity index (χ4v) is 4.95. The largest absolute Gasteiger partial charge is 0.497 e. The number of rotatable bonds is 9. The summed E-state index contributed by atoms with van der Waals surface area (Å²) in [4.78, 5) is 12.7. The maximum atomic E-state index is 12.7. The molecule has 0 aliphatic carbocycles. The van der Waals surface area contributed by atoms with E-state index in [0.717, 1.165) is 45.2 Å². The third-order valence-electron chi connectivity index (χ3n) is 6.34. The van der Waals surface area contributed by atoms with Crippen LogP contribution in [0.4, 0.5) is 0 Å². The summed E-state index contributed by atoms with van der Waals surface area (Å²) in [6.45, 7) is 5.94. The van der Waals surface area contributed by atoms with Crippen LogP contribution in [0.2, 0.25) is 0 Å². The molecule has 9 nitrogen and oxygen atoms in total. The second kappa shape index (κ2) is 12.0. The first-order valence-corrected chi connectivity index (χ1v) is 13.7. The third kappa shape index (κ3) is 5.81. The number of ether oxygens (including phenoxy) is 1. The van der Waals surface area contributed by atoms with E-state index in [2.05, 4.69) is 25.8 Å². The minimum Gasteiger partial charge on any atom is -0.497 e. The van der Waals surface area contributed by atoms with Crippen LogP contribution >= 0.6 is 11.8 Å². The highest BCUT2D eigenvalue weighted by Crippen LogP contribution is 2.29. The standard InChI is InChI=1S/C30H29N7O2S/c1-20-10-14-24(15-11-20)36-29(23-12-16-26(39-4)17-13-23)33-34-30(36)40-19-28(38)32-31-18-27-21(2)35-37(22(27)3)25-8-6-5-7-9-25/h5-18H,19H2,1-4H3,(H,32,38). The molecule has 2 heterocycles. The average molecular weight is 552 g/mol. The number of benzene rings is 3. The summed E-state index contributed by atoms with van der Waals surface area (Å²) < 4.78 is 9.11. The van der Waals surface area contributed by atoms with Gasteiger partial charge in [0.1, 0.15) is 5.75 Å². The highest BCUT2D eigenvalue weighted by molar-refractivity contribution is 7.99. The number of para-hydroxylation sites is 1. The zero-order chi connectivity index (χ0) is 28.1. The number of aryl methyl sites for hydroxylation is 2. The second-order valence-electron chi connectivity index (χ2n) is 9.12. The lowest BCUT2D eigenvalue weighted by Gasteiger charge is -2.11. The first-order valence-electron chi connectivity index (χ1n) is 12.7. The van der Waals surface area contributed by atoms with Crippen molar-refractivity contribution in [3.8, 4) is 28.5 Å². The maximum Gasteiger partial charge on any atom is 0.250 e. The summed E-state index contributed by atoms with van der Waals surface area (Å²) >= 11 is 1.29. The van der Waals surface area contributed by atoms with E-state index in [4.69, 9.17) is 4.74 Å². The quantitative estimate of drug-likeness (QED) is 0.152. The van der Waals surface area contributed by atoms with E-state index in [-0.39, 0.29) is 11.7 Å². The monoisotopic (exact) mass is 551 g/mol. The minimum absolute atomic E-state index is 0.116. The van der Waals surface area contributed by atoms with Gasteiger partial charge in [-0.1, -0.05) is 47.7 Å². The minimum atomic E-state index is -0.253. The van der Waals surface area contributed by atoms with Gasteiger partial charge in [-0.2, -0.15) is 10.2 Å². The smallest absolute Gasteiger partial charge is 0.250 e. The van der Waals surface area contributed by atoms with Crippen molar-refractivity contribution in [2.24, 2.45) is 5.10 Å². The molecule has 40 heavy (non-hydrogen) atoms. The van der Waals surface area contributed by atoms with Gasteiger partial charge in [0, 0.05) is 16.8 Å². The Hall–Kier alpha value is -4.70. The van der Waals surface area contributed by atoms with Gasteiger partial charge in [0.05, 0.1) is 36.2 Å². The maximum absolute atomic E-state index is 12.7. The van der Waals surface area contributed by atoms with Crippen molar-refractivity contribution < 1.29 is 9.53 Å². The van der Waals surface area contributed by atoms with Crippen molar-refractivity contribution in [2.75, 3.05) is 12.9 Å². The van der Waals surface area contributed by atoms with Crippen molar-refractivity contribution in [3.63, 3.8) is 0 Å². The van der Waals surface area contributed by atoms with Gasteiger partial charge in [0.25, 0.3) is 5.91 Å². The molecular weight excluding hydrogens is 522 g/mol. The number of nitrogens with one attached hydrogen (secondary N) is 1. The number of hydrogen-bond donors (Lipinski definition) is 1. The fraction of sp³-hybridized carbons (Fsp3) is 0.167. The Morgan fingerprint density at radius 2 is 1.68 bits per heavy atom. The van der Waals surface area contributed by atoms with Crippen LogP contribution < -0.4 is 10.2 Å². The van der Waals surface area contributed by atoms with Crippen LogP contribution in [-0.4, -0.2) is 49.5 Å². The molecule has 2 aromatic heterocycles. The Morgan fingerprint density at radius 1 is 0.950 bits per heavy atom. The predicted octanol–water partition coefficient (Wildman–Crippen LogP) is 5.30. The number of nitrogens with zero attached hydrogens (tertiary/aromatic N) is 6. The first kappa shape index (κ1) is 26.9. The molecule has 0 saturated carbocycles.